The van der Waals surface area contributed by atoms with E-state index in [0.29, 0.717) is 23.8 Å². The van der Waals surface area contributed by atoms with E-state index in [9.17, 15) is 24.0 Å². The van der Waals surface area contributed by atoms with Gasteiger partial charge in [0.2, 0.25) is 5.91 Å². The molecule has 1 N–H and O–H groups in total. The van der Waals surface area contributed by atoms with Crippen molar-refractivity contribution in [3.8, 4) is 11.5 Å². The third-order valence-electron chi connectivity index (χ3n) is 13.7. The Morgan fingerprint density at radius 2 is 1.45 bits per heavy atom. The molecule has 1 aromatic rings. The van der Waals surface area contributed by atoms with E-state index in [2.05, 4.69) is 26.1 Å². The van der Waals surface area contributed by atoms with Gasteiger partial charge in [-0.3, -0.25) is 9.69 Å². The topological polar surface area (TPSA) is 187 Å². The molecule has 1 aromatic carbocycles. The van der Waals surface area contributed by atoms with Crippen molar-refractivity contribution < 1.29 is 66.4 Å². The molecule has 17 nitrogen and oxygen atoms in total. The van der Waals surface area contributed by atoms with E-state index in [1.807, 2.05) is 6.07 Å². The first-order valence-electron chi connectivity index (χ1n) is 24.0. The number of hydrogen-bond donors (Lipinski definition) is 1. The second kappa shape index (κ2) is 17.9. The number of esters is 1. The smallest absolute Gasteiger partial charge is 0.486 e. The zero-order valence-electron chi connectivity index (χ0n) is 42.3. The zero-order valence-corrected chi connectivity index (χ0v) is 42.3. The highest BCUT2D eigenvalue weighted by Gasteiger charge is 2.70. The Morgan fingerprint density at radius 3 is 2.06 bits per heavy atom. The number of likely N-dealkylation sites (tertiary alicyclic amines) is 1. The first-order chi connectivity index (χ1) is 30.8. The summed E-state index contributed by atoms with van der Waals surface area (Å²) in [4.78, 5) is 70.3. The molecule has 0 spiro atoms. The molecule has 4 saturated carbocycles. The molecule has 67 heavy (non-hydrogen) atoms. The Labute approximate surface area is 396 Å². The Balaban J connectivity index is 1.05. The molecule has 7 aliphatic rings. The van der Waals surface area contributed by atoms with Gasteiger partial charge >= 0.3 is 31.4 Å². The molecule has 4 aliphatic carbocycles. The van der Waals surface area contributed by atoms with Crippen LogP contribution in [0.5, 0.6) is 11.5 Å². The fourth-order valence-corrected chi connectivity index (χ4v) is 10.2. The lowest BCUT2D eigenvalue weighted by Crippen LogP contribution is -2.65. The second-order valence-electron chi connectivity index (χ2n) is 24.1. The minimum absolute atomic E-state index is 0.00399. The lowest BCUT2D eigenvalue weighted by Gasteiger charge is -2.64. The van der Waals surface area contributed by atoms with Crippen molar-refractivity contribution >= 4 is 37.3 Å². The summed E-state index contributed by atoms with van der Waals surface area (Å²) in [7, 11) is -0.453. The minimum Gasteiger partial charge on any atom is -0.486 e. The number of rotatable bonds is 10. The molecular formula is C49H74BN3O14. The maximum atomic E-state index is 14.3. The monoisotopic (exact) mass is 940 g/mol. The van der Waals surface area contributed by atoms with Crippen LogP contribution in [0.1, 0.15) is 151 Å². The van der Waals surface area contributed by atoms with Crippen molar-refractivity contribution in [3.63, 3.8) is 0 Å². The van der Waals surface area contributed by atoms with Gasteiger partial charge in [-0.05, 0) is 144 Å². The standard InChI is InChI=1S/C49H74BN3O14/c1-44(2,3)62-40(55)38-34(60-30-23-52(24-30)37(54)20-29-25-53(42(57)64-46(7,8)9)28(26-59-29)22-51-41(56)63-45(4,5)6)17-16-31(39(38)61-43(58)65-47(10,11)12)32-21-33(32)50-66-36-19-27-18-35(48(27,13)14)49(36,15)67-50/h16-17,27-30,32-33,35-36H,18-26H2,1-15H3,(H,51,56)/t27-,28?,29?,32?,33?,35-,36+,49-/m0/s1. The number of hydrogen-bond acceptors (Lipinski definition) is 14. The molecule has 0 radical (unpaired) electrons. The van der Waals surface area contributed by atoms with Crippen LogP contribution in [0.2, 0.25) is 5.82 Å². The van der Waals surface area contributed by atoms with Crippen LogP contribution >= 0.6 is 0 Å². The van der Waals surface area contributed by atoms with Crippen LogP contribution in [0.4, 0.5) is 14.4 Å². The number of amides is 3. The number of alkyl carbamates (subject to hydrolysis) is 1. The van der Waals surface area contributed by atoms with E-state index < -0.39 is 77.7 Å². The summed E-state index contributed by atoms with van der Waals surface area (Å²) in [6, 6.07) is 2.94. The summed E-state index contributed by atoms with van der Waals surface area (Å²) in [5.41, 5.74) is -2.92. The average Bonchev–Trinajstić information content (AvgIpc) is 3.85. The van der Waals surface area contributed by atoms with Crippen molar-refractivity contribution in [1.29, 1.82) is 0 Å². The Kier molecular flexibility index (Phi) is 13.5. The number of morpholine rings is 1. The molecule has 3 aliphatic heterocycles. The van der Waals surface area contributed by atoms with Crippen LogP contribution in [-0.4, -0.2) is 132 Å². The fraction of sp³-hybridized carbons (Fsp3) is 0.776. The summed E-state index contributed by atoms with van der Waals surface area (Å²) >= 11 is 0. The number of nitrogens with zero attached hydrogens (tertiary/aromatic N) is 2. The Bertz CT molecular complexity index is 2080. The van der Waals surface area contributed by atoms with E-state index >= 15 is 0 Å². The van der Waals surface area contributed by atoms with Crippen molar-refractivity contribution in [3.05, 3.63) is 23.3 Å². The third-order valence-corrected chi connectivity index (χ3v) is 13.7. The Hall–Kier alpha value is -4.29. The molecular weight excluding hydrogens is 865 g/mol. The highest BCUT2D eigenvalue weighted by Crippen LogP contribution is 2.68. The molecule has 8 rings (SSSR count). The first-order valence-corrected chi connectivity index (χ1v) is 24.0. The largest absolute Gasteiger partial charge is 0.514 e. The van der Waals surface area contributed by atoms with Crippen molar-refractivity contribution in [2.75, 3.05) is 32.8 Å². The molecule has 18 heteroatoms. The van der Waals surface area contributed by atoms with Crippen LogP contribution < -0.4 is 14.8 Å². The fourth-order valence-electron chi connectivity index (χ4n) is 10.2. The van der Waals surface area contributed by atoms with Gasteiger partial charge in [0.1, 0.15) is 39.8 Å². The molecule has 0 aromatic heterocycles. The minimum atomic E-state index is -0.983. The van der Waals surface area contributed by atoms with E-state index in [4.69, 9.17) is 42.5 Å². The van der Waals surface area contributed by atoms with Gasteiger partial charge in [-0.1, -0.05) is 19.9 Å². The van der Waals surface area contributed by atoms with Gasteiger partial charge in [-0.2, -0.15) is 0 Å². The molecule has 3 saturated heterocycles. The maximum absolute atomic E-state index is 14.3. The van der Waals surface area contributed by atoms with Crippen LogP contribution in [0.15, 0.2) is 12.1 Å². The zero-order chi connectivity index (χ0) is 49.4. The number of ether oxygens (including phenoxy) is 7. The number of nitrogens with one attached hydrogen (secondary N) is 1. The first kappa shape index (κ1) is 50.6. The summed E-state index contributed by atoms with van der Waals surface area (Å²) in [6.07, 6.45) is -0.614. The van der Waals surface area contributed by atoms with Gasteiger partial charge in [-0.25, -0.2) is 19.2 Å². The highest BCUT2D eigenvalue weighted by atomic mass is 16.7. The number of carbonyl (C=O) groups is 5. The Morgan fingerprint density at radius 1 is 0.806 bits per heavy atom. The van der Waals surface area contributed by atoms with Gasteiger partial charge in [0.05, 0.1) is 56.5 Å². The predicted molar refractivity (Wildman–Crippen MR) is 246 cm³/mol. The van der Waals surface area contributed by atoms with Crippen LogP contribution in [0.3, 0.4) is 0 Å². The van der Waals surface area contributed by atoms with E-state index in [1.54, 1.807) is 94.1 Å². The maximum Gasteiger partial charge on any atom is 0.514 e. The molecule has 8 atom stereocenters. The molecule has 2 bridgehead atoms. The average molecular weight is 940 g/mol. The number of carbonyl (C=O) groups excluding carboxylic acids is 5. The quantitative estimate of drug-likeness (QED) is 0.103. The van der Waals surface area contributed by atoms with E-state index in [0.717, 1.165) is 12.8 Å². The van der Waals surface area contributed by atoms with E-state index in [-0.39, 0.29) is 85.4 Å². The summed E-state index contributed by atoms with van der Waals surface area (Å²) in [5, 5.41) is 2.71. The predicted octanol–water partition coefficient (Wildman–Crippen LogP) is 8.05. The van der Waals surface area contributed by atoms with Gasteiger partial charge < -0.3 is 52.7 Å². The molecule has 3 amide bonds. The van der Waals surface area contributed by atoms with Crippen LogP contribution in [0, 0.1) is 17.3 Å². The third kappa shape index (κ3) is 11.6. The lowest BCUT2D eigenvalue weighted by atomic mass is 9.43. The van der Waals surface area contributed by atoms with E-state index in [1.165, 1.54) is 4.90 Å². The molecule has 3 heterocycles. The van der Waals surface area contributed by atoms with Crippen molar-refractivity contribution in [1.82, 2.24) is 15.1 Å². The van der Waals surface area contributed by atoms with Gasteiger partial charge in [0.15, 0.2) is 5.75 Å². The van der Waals surface area contributed by atoms with Crippen molar-refractivity contribution in [2.45, 2.75) is 194 Å². The molecule has 7 fully saturated rings. The highest BCUT2D eigenvalue weighted by molar-refractivity contribution is 6.49. The number of benzene rings is 1. The summed E-state index contributed by atoms with van der Waals surface area (Å²) in [5.74, 6) is -0.0440. The normalized spacial score (nSPS) is 29.1. The van der Waals surface area contributed by atoms with Crippen LogP contribution in [-0.2, 0) is 37.8 Å². The van der Waals surface area contributed by atoms with Gasteiger partial charge in [0.25, 0.3) is 0 Å². The van der Waals surface area contributed by atoms with Gasteiger partial charge in [-0.15, -0.1) is 0 Å². The summed E-state index contributed by atoms with van der Waals surface area (Å²) < 4.78 is 54.7. The molecule has 372 valence electrons. The van der Waals surface area contributed by atoms with Gasteiger partial charge in [0, 0.05) is 12.4 Å². The summed E-state index contributed by atoms with van der Waals surface area (Å²) in [6.45, 7) is 28.4. The van der Waals surface area contributed by atoms with Crippen molar-refractivity contribution in [2.24, 2.45) is 17.3 Å². The lowest BCUT2D eigenvalue weighted by molar-refractivity contribution is -0.199. The second-order valence-corrected chi connectivity index (χ2v) is 24.1. The molecule has 4 unspecified atom stereocenters. The SMILES string of the molecule is CC(C)(C)OC(=O)NCC1COC(CC(=O)N2CC(Oc3ccc(C4CC4B4O[C@@H]5C[C@@H]6C[C@@H](C6(C)C)[C@]5(C)O4)c(OC(=O)OC(C)(C)C)c3C(=O)OC(C)(C)C)C2)CN1C(=O)OC(C)(C)C. The van der Waals surface area contributed by atoms with Crippen LogP contribution in [0.25, 0.3) is 0 Å².